The van der Waals surface area contributed by atoms with Gasteiger partial charge in [-0.25, -0.2) is 4.98 Å². The van der Waals surface area contributed by atoms with Gasteiger partial charge in [0.1, 0.15) is 11.6 Å². The number of aryl methyl sites for hydroxylation is 4. The van der Waals surface area contributed by atoms with Crippen molar-refractivity contribution in [2.45, 2.75) is 46.1 Å². The number of imidazole rings is 1. The summed E-state index contributed by atoms with van der Waals surface area (Å²) in [4.78, 5) is 17.7. The molecule has 0 saturated heterocycles. The van der Waals surface area contributed by atoms with Gasteiger partial charge >= 0.3 is 0 Å². The first kappa shape index (κ1) is 28.8. The summed E-state index contributed by atoms with van der Waals surface area (Å²) in [6.07, 6.45) is 3.44. The molecule has 0 spiro atoms. The van der Waals surface area contributed by atoms with Crippen LogP contribution in [0.3, 0.4) is 0 Å². The molecule has 0 aliphatic heterocycles. The van der Waals surface area contributed by atoms with E-state index in [1.54, 1.807) is 12.1 Å². The van der Waals surface area contributed by atoms with Crippen LogP contribution in [0.5, 0.6) is 23.0 Å². The first-order valence-corrected chi connectivity index (χ1v) is 13.7. The van der Waals surface area contributed by atoms with Crippen LogP contribution in [0.25, 0.3) is 11.0 Å². The molecule has 0 bridgehead atoms. The molecule has 1 aromatic heterocycles. The number of nitrogens with one attached hydrogen (secondary N) is 1. The maximum atomic E-state index is 12.8. The molecule has 8 heteroatoms. The third-order valence-electron chi connectivity index (χ3n) is 6.76. The summed E-state index contributed by atoms with van der Waals surface area (Å²) in [5.74, 6) is 3.10. The van der Waals surface area contributed by atoms with E-state index in [-0.39, 0.29) is 5.91 Å². The maximum Gasteiger partial charge on any atom is 0.251 e. The topological polar surface area (TPSA) is 83.8 Å². The van der Waals surface area contributed by atoms with E-state index in [4.69, 9.17) is 23.9 Å². The van der Waals surface area contributed by atoms with Gasteiger partial charge in [-0.1, -0.05) is 18.2 Å². The van der Waals surface area contributed by atoms with Crippen LogP contribution in [0.4, 0.5) is 0 Å². The molecule has 0 unspecified atom stereocenters. The van der Waals surface area contributed by atoms with Crippen LogP contribution in [-0.4, -0.2) is 49.9 Å². The molecule has 4 aromatic rings. The molecule has 3 aromatic carbocycles. The standard InChI is InChI=1S/C32H39N3O5/c1-22-17-23(2)19-25(18-22)40-16-9-8-15-35-27-12-7-6-11-26(27)34-30(35)13-10-14-33-32(36)24-20-28(37-3)31(39-5)29(21-24)38-4/h6-7,11-12,17-21H,8-10,13-16H2,1-5H3,(H,33,36). The molecule has 8 nitrogen and oxygen atoms in total. The van der Waals surface area contributed by atoms with Gasteiger partial charge in [-0.05, 0) is 80.6 Å². The highest BCUT2D eigenvalue weighted by Crippen LogP contribution is 2.38. The third-order valence-corrected chi connectivity index (χ3v) is 6.76. The van der Waals surface area contributed by atoms with Crippen LogP contribution in [0.15, 0.2) is 54.6 Å². The molecule has 1 heterocycles. The van der Waals surface area contributed by atoms with Gasteiger partial charge in [0.05, 0.1) is 39.0 Å². The number of fused-ring (bicyclic) bond motifs is 1. The van der Waals surface area contributed by atoms with E-state index in [0.29, 0.717) is 36.0 Å². The number of rotatable bonds is 14. The Morgan fingerprint density at radius 1 is 0.875 bits per heavy atom. The molecule has 40 heavy (non-hydrogen) atoms. The zero-order valence-corrected chi connectivity index (χ0v) is 24.1. The highest BCUT2D eigenvalue weighted by atomic mass is 16.5. The molecule has 0 aliphatic rings. The lowest BCUT2D eigenvalue weighted by Crippen LogP contribution is -2.25. The molecule has 1 N–H and O–H groups in total. The van der Waals surface area contributed by atoms with Crippen LogP contribution in [0.1, 0.15) is 46.6 Å². The van der Waals surface area contributed by atoms with Gasteiger partial charge in [-0.3, -0.25) is 4.79 Å². The van der Waals surface area contributed by atoms with Crippen molar-refractivity contribution in [1.82, 2.24) is 14.9 Å². The molecule has 0 saturated carbocycles. The summed E-state index contributed by atoms with van der Waals surface area (Å²) in [7, 11) is 4.60. The monoisotopic (exact) mass is 545 g/mol. The van der Waals surface area contributed by atoms with Crippen LogP contribution < -0.4 is 24.3 Å². The van der Waals surface area contributed by atoms with Crippen molar-refractivity contribution in [3.8, 4) is 23.0 Å². The zero-order valence-electron chi connectivity index (χ0n) is 24.1. The SMILES string of the molecule is COc1cc(C(=O)NCCCc2nc3ccccc3n2CCCCOc2cc(C)cc(C)c2)cc(OC)c1OC. The number of ether oxygens (including phenoxy) is 4. The Balaban J connectivity index is 1.32. The van der Waals surface area contributed by atoms with Crippen LogP contribution in [0.2, 0.25) is 0 Å². The Kier molecular flexibility index (Phi) is 9.89. The average Bonchev–Trinajstić information content (AvgIpc) is 3.30. The minimum atomic E-state index is -0.198. The number of unbranched alkanes of at least 4 members (excludes halogenated alkanes) is 1. The van der Waals surface area contributed by atoms with E-state index in [0.717, 1.165) is 54.8 Å². The smallest absolute Gasteiger partial charge is 0.251 e. The fourth-order valence-electron chi connectivity index (χ4n) is 4.91. The largest absolute Gasteiger partial charge is 0.494 e. The van der Waals surface area contributed by atoms with E-state index in [1.807, 2.05) is 18.2 Å². The third kappa shape index (κ3) is 7.05. The van der Waals surface area contributed by atoms with Gasteiger partial charge in [0.15, 0.2) is 11.5 Å². The Labute approximate surface area is 236 Å². The van der Waals surface area contributed by atoms with Crippen LogP contribution in [-0.2, 0) is 13.0 Å². The van der Waals surface area contributed by atoms with Crippen molar-refractivity contribution in [3.05, 3.63) is 77.1 Å². The van der Waals surface area contributed by atoms with Gasteiger partial charge in [0.2, 0.25) is 5.75 Å². The van der Waals surface area contributed by atoms with Crippen molar-refractivity contribution in [1.29, 1.82) is 0 Å². The quantitative estimate of drug-likeness (QED) is 0.199. The first-order valence-electron chi connectivity index (χ1n) is 13.7. The molecule has 4 rings (SSSR count). The predicted molar refractivity (Wildman–Crippen MR) is 157 cm³/mol. The minimum absolute atomic E-state index is 0.198. The summed E-state index contributed by atoms with van der Waals surface area (Å²) >= 11 is 0. The molecular weight excluding hydrogens is 506 g/mol. The fraction of sp³-hybridized carbons (Fsp3) is 0.375. The normalized spacial score (nSPS) is 10.9. The minimum Gasteiger partial charge on any atom is -0.494 e. The Hall–Kier alpha value is -4.20. The Bertz CT molecular complexity index is 1400. The number of methoxy groups -OCH3 is 3. The second kappa shape index (κ2) is 13.7. The van der Waals surface area contributed by atoms with E-state index in [1.165, 1.54) is 32.5 Å². The number of nitrogens with zero attached hydrogens (tertiary/aromatic N) is 2. The highest BCUT2D eigenvalue weighted by molar-refractivity contribution is 5.95. The first-order chi connectivity index (χ1) is 19.4. The number of carbonyl (C=O) groups is 1. The van der Waals surface area contributed by atoms with E-state index >= 15 is 0 Å². The summed E-state index contributed by atoms with van der Waals surface area (Å²) in [6.45, 7) is 6.23. The number of hydrogen-bond acceptors (Lipinski definition) is 6. The number of benzene rings is 3. The summed E-state index contributed by atoms with van der Waals surface area (Å²) in [5, 5.41) is 3.00. The average molecular weight is 546 g/mol. The number of para-hydroxylation sites is 2. The lowest BCUT2D eigenvalue weighted by molar-refractivity contribution is 0.0952. The van der Waals surface area contributed by atoms with E-state index < -0.39 is 0 Å². The highest BCUT2D eigenvalue weighted by Gasteiger charge is 2.17. The van der Waals surface area contributed by atoms with Crippen molar-refractivity contribution < 1.29 is 23.7 Å². The second-order valence-electron chi connectivity index (χ2n) is 9.82. The van der Waals surface area contributed by atoms with Crippen LogP contribution >= 0.6 is 0 Å². The molecule has 0 radical (unpaired) electrons. The van der Waals surface area contributed by atoms with Gasteiger partial charge in [-0.15, -0.1) is 0 Å². The van der Waals surface area contributed by atoms with Gasteiger partial charge < -0.3 is 28.8 Å². The number of aromatic nitrogens is 2. The molecule has 1 amide bonds. The van der Waals surface area contributed by atoms with Crippen molar-refractivity contribution in [3.63, 3.8) is 0 Å². The molecule has 0 atom stereocenters. The maximum absolute atomic E-state index is 12.8. The number of carbonyl (C=O) groups excluding carboxylic acids is 1. The summed E-state index contributed by atoms with van der Waals surface area (Å²) < 4.78 is 24.4. The zero-order chi connectivity index (χ0) is 28.5. The number of hydrogen-bond donors (Lipinski definition) is 1. The van der Waals surface area contributed by atoms with Crippen molar-refractivity contribution in [2.24, 2.45) is 0 Å². The summed E-state index contributed by atoms with van der Waals surface area (Å²) in [5.41, 5.74) is 5.00. The lowest BCUT2D eigenvalue weighted by Gasteiger charge is -2.14. The molecule has 0 fully saturated rings. The Morgan fingerprint density at radius 2 is 1.57 bits per heavy atom. The second-order valence-corrected chi connectivity index (χ2v) is 9.82. The van der Waals surface area contributed by atoms with Crippen molar-refractivity contribution in [2.75, 3.05) is 34.5 Å². The lowest BCUT2D eigenvalue weighted by atomic mass is 10.1. The van der Waals surface area contributed by atoms with Gasteiger partial charge in [0, 0.05) is 25.1 Å². The van der Waals surface area contributed by atoms with Gasteiger partial charge in [-0.2, -0.15) is 0 Å². The predicted octanol–water partition coefficient (Wildman–Crippen LogP) is 5.90. The van der Waals surface area contributed by atoms with E-state index in [2.05, 4.69) is 48.0 Å². The van der Waals surface area contributed by atoms with Gasteiger partial charge in [0.25, 0.3) is 5.91 Å². The number of amides is 1. The van der Waals surface area contributed by atoms with E-state index in [9.17, 15) is 4.79 Å². The fourth-order valence-corrected chi connectivity index (χ4v) is 4.91. The molecule has 212 valence electrons. The Morgan fingerprint density at radius 3 is 2.25 bits per heavy atom. The van der Waals surface area contributed by atoms with Crippen molar-refractivity contribution >= 4 is 16.9 Å². The molecular formula is C32H39N3O5. The van der Waals surface area contributed by atoms with Crippen LogP contribution in [0, 0.1) is 13.8 Å². The summed E-state index contributed by atoms with van der Waals surface area (Å²) in [6, 6.07) is 17.8. The molecule has 0 aliphatic carbocycles.